The first-order valence-electron chi connectivity index (χ1n) is 4.46. The number of ether oxygens (including phenoxy) is 2. The standard InChI is InChI=1S/C9H9BrCl2O2S/c10-9-5(11)3-7(15-9)8(12)6-4-13-1-2-14-6/h3,6,8H,1-2,4H2. The minimum Gasteiger partial charge on any atom is -0.376 e. The average Bonchev–Trinajstić information content (AvgIpc) is 2.59. The fourth-order valence-corrected chi connectivity index (χ4v) is 3.48. The van der Waals surface area contributed by atoms with Crippen molar-refractivity contribution in [3.05, 3.63) is 19.8 Å². The molecule has 1 aromatic heterocycles. The Morgan fingerprint density at radius 2 is 2.33 bits per heavy atom. The van der Waals surface area contributed by atoms with Crippen molar-refractivity contribution in [3.63, 3.8) is 0 Å². The van der Waals surface area contributed by atoms with Crippen molar-refractivity contribution < 1.29 is 9.47 Å². The van der Waals surface area contributed by atoms with Gasteiger partial charge in [-0.25, -0.2) is 0 Å². The predicted octanol–water partition coefficient (Wildman–Crippen LogP) is 3.86. The maximum Gasteiger partial charge on any atom is 0.102 e. The summed E-state index contributed by atoms with van der Waals surface area (Å²) in [7, 11) is 0. The number of alkyl halides is 1. The quantitative estimate of drug-likeness (QED) is 0.766. The zero-order valence-electron chi connectivity index (χ0n) is 7.71. The molecule has 0 radical (unpaired) electrons. The zero-order chi connectivity index (χ0) is 10.8. The van der Waals surface area contributed by atoms with E-state index in [1.54, 1.807) is 0 Å². The van der Waals surface area contributed by atoms with Crippen molar-refractivity contribution in [2.24, 2.45) is 0 Å². The van der Waals surface area contributed by atoms with E-state index in [0.29, 0.717) is 24.8 Å². The molecule has 0 spiro atoms. The summed E-state index contributed by atoms with van der Waals surface area (Å²) >= 11 is 17.1. The van der Waals surface area contributed by atoms with Gasteiger partial charge in [0.15, 0.2) is 0 Å². The van der Waals surface area contributed by atoms with Crippen LogP contribution in [0.25, 0.3) is 0 Å². The van der Waals surface area contributed by atoms with Gasteiger partial charge >= 0.3 is 0 Å². The molecule has 2 unspecified atom stereocenters. The van der Waals surface area contributed by atoms with Gasteiger partial charge in [0.25, 0.3) is 0 Å². The summed E-state index contributed by atoms with van der Waals surface area (Å²) < 4.78 is 11.8. The van der Waals surface area contributed by atoms with Crippen LogP contribution in [-0.4, -0.2) is 25.9 Å². The summed E-state index contributed by atoms with van der Waals surface area (Å²) in [6.45, 7) is 1.80. The van der Waals surface area contributed by atoms with Gasteiger partial charge in [-0.3, -0.25) is 0 Å². The van der Waals surface area contributed by atoms with Crippen molar-refractivity contribution in [3.8, 4) is 0 Å². The van der Waals surface area contributed by atoms with Crippen molar-refractivity contribution in [1.29, 1.82) is 0 Å². The van der Waals surface area contributed by atoms with E-state index in [4.69, 9.17) is 32.7 Å². The van der Waals surface area contributed by atoms with Crippen LogP contribution in [-0.2, 0) is 9.47 Å². The van der Waals surface area contributed by atoms with E-state index >= 15 is 0 Å². The highest BCUT2D eigenvalue weighted by molar-refractivity contribution is 9.11. The van der Waals surface area contributed by atoms with Crippen molar-refractivity contribution in [1.82, 2.24) is 0 Å². The number of halogens is 3. The number of rotatable bonds is 2. The summed E-state index contributed by atoms with van der Waals surface area (Å²) in [5, 5.41) is 0.497. The highest BCUT2D eigenvalue weighted by Crippen LogP contribution is 2.39. The minimum absolute atomic E-state index is 0.0815. The molecule has 6 heteroatoms. The van der Waals surface area contributed by atoms with Gasteiger partial charge in [-0.05, 0) is 22.0 Å². The van der Waals surface area contributed by atoms with E-state index in [1.165, 1.54) is 11.3 Å². The summed E-state index contributed by atoms with van der Waals surface area (Å²) in [5.41, 5.74) is 0. The Morgan fingerprint density at radius 1 is 1.53 bits per heavy atom. The first-order valence-corrected chi connectivity index (χ1v) is 6.89. The fraction of sp³-hybridized carbons (Fsp3) is 0.556. The molecular weight excluding hydrogens is 323 g/mol. The summed E-state index contributed by atoms with van der Waals surface area (Å²) in [5.74, 6) is 0. The van der Waals surface area contributed by atoms with Crippen LogP contribution in [0.1, 0.15) is 10.3 Å². The van der Waals surface area contributed by atoms with E-state index in [9.17, 15) is 0 Å². The second kappa shape index (κ2) is 5.34. The first-order chi connectivity index (χ1) is 7.18. The fourth-order valence-electron chi connectivity index (χ4n) is 1.36. The van der Waals surface area contributed by atoms with Crippen molar-refractivity contribution in [2.45, 2.75) is 11.5 Å². The van der Waals surface area contributed by atoms with Crippen molar-refractivity contribution >= 4 is 50.5 Å². The van der Waals surface area contributed by atoms with E-state index in [2.05, 4.69) is 15.9 Å². The minimum atomic E-state index is -0.195. The molecule has 1 fully saturated rings. The lowest BCUT2D eigenvalue weighted by Crippen LogP contribution is -2.31. The average molecular weight is 332 g/mol. The molecule has 2 heterocycles. The Balaban J connectivity index is 2.08. The second-order valence-electron chi connectivity index (χ2n) is 3.16. The molecule has 2 atom stereocenters. The molecule has 0 amide bonds. The lowest BCUT2D eigenvalue weighted by molar-refractivity contribution is -0.0889. The molecule has 1 saturated heterocycles. The second-order valence-corrected chi connectivity index (χ2v) is 6.44. The van der Waals surface area contributed by atoms with E-state index in [0.717, 1.165) is 8.66 Å². The summed E-state index contributed by atoms with van der Waals surface area (Å²) in [6.07, 6.45) is -0.0815. The molecule has 0 saturated carbocycles. The van der Waals surface area contributed by atoms with Gasteiger partial charge in [-0.15, -0.1) is 22.9 Å². The highest BCUT2D eigenvalue weighted by Gasteiger charge is 2.26. The maximum absolute atomic E-state index is 6.30. The first kappa shape index (κ1) is 12.1. The third-order valence-electron chi connectivity index (χ3n) is 2.10. The van der Waals surface area contributed by atoms with Gasteiger partial charge in [0, 0.05) is 4.88 Å². The highest BCUT2D eigenvalue weighted by atomic mass is 79.9. The van der Waals surface area contributed by atoms with Crippen LogP contribution in [0.5, 0.6) is 0 Å². The van der Waals surface area contributed by atoms with Gasteiger partial charge in [0.1, 0.15) is 6.10 Å². The number of hydrogen-bond donors (Lipinski definition) is 0. The Labute approximate surface area is 111 Å². The Kier molecular flexibility index (Phi) is 4.32. The molecule has 0 bridgehead atoms. The monoisotopic (exact) mass is 330 g/mol. The van der Waals surface area contributed by atoms with Gasteiger partial charge in [-0.1, -0.05) is 11.6 Å². The van der Waals surface area contributed by atoms with E-state index in [1.807, 2.05) is 6.07 Å². The van der Waals surface area contributed by atoms with Crippen LogP contribution >= 0.6 is 50.5 Å². The van der Waals surface area contributed by atoms with E-state index in [-0.39, 0.29) is 11.5 Å². The molecular formula is C9H9BrCl2O2S. The molecule has 84 valence electrons. The molecule has 15 heavy (non-hydrogen) atoms. The Hall–Kier alpha value is 0.680. The lowest BCUT2D eigenvalue weighted by Gasteiger charge is -2.26. The van der Waals surface area contributed by atoms with E-state index < -0.39 is 0 Å². The smallest absolute Gasteiger partial charge is 0.102 e. The third kappa shape index (κ3) is 2.87. The Morgan fingerprint density at radius 3 is 2.87 bits per heavy atom. The molecule has 1 aliphatic rings. The molecule has 0 N–H and O–H groups in total. The van der Waals surface area contributed by atoms with Crippen LogP contribution in [0, 0.1) is 0 Å². The van der Waals surface area contributed by atoms with Crippen LogP contribution in [0.15, 0.2) is 9.85 Å². The topological polar surface area (TPSA) is 18.5 Å². The zero-order valence-corrected chi connectivity index (χ0v) is 11.6. The van der Waals surface area contributed by atoms with Crippen LogP contribution in [0.4, 0.5) is 0 Å². The molecule has 2 nitrogen and oxygen atoms in total. The van der Waals surface area contributed by atoms with Gasteiger partial charge in [-0.2, -0.15) is 0 Å². The molecule has 0 aromatic carbocycles. The van der Waals surface area contributed by atoms with Crippen LogP contribution in [0.3, 0.4) is 0 Å². The van der Waals surface area contributed by atoms with Gasteiger partial charge in [0.2, 0.25) is 0 Å². The largest absolute Gasteiger partial charge is 0.376 e. The number of thiophene rings is 1. The van der Waals surface area contributed by atoms with Gasteiger partial charge in [0.05, 0.1) is 34.0 Å². The summed E-state index contributed by atoms with van der Waals surface area (Å²) in [6, 6.07) is 1.87. The predicted molar refractivity (Wildman–Crippen MR) is 66.2 cm³/mol. The SMILES string of the molecule is Clc1cc(C(Cl)C2COCCO2)sc1Br. The Bertz CT molecular complexity index is 319. The van der Waals surface area contributed by atoms with Crippen LogP contribution in [0.2, 0.25) is 5.02 Å². The van der Waals surface area contributed by atoms with Crippen LogP contribution < -0.4 is 0 Å². The third-order valence-corrected chi connectivity index (χ3v) is 5.31. The summed E-state index contributed by atoms with van der Waals surface area (Å²) in [4.78, 5) is 1.00. The molecule has 1 aliphatic heterocycles. The number of hydrogen-bond acceptors (Lipinski definition) is 3. The maximum atomic E-state index is 6.30. The van der Waals surface area contributed by atoms with Crippen molar-refractivity contribution in [2.75, 3.05) is 19.8 Å². The molecule has 1 aromatic rings. The van der Waals surface area contributed by atoms with Gasteiger partial charge < -0.3 is 9.47 Å². The molecule has 2 rings (SSSR count). The molecule has 0 aliphatic carbocycles. The normalized spacial score (nSPS) is 24.1. The lowest BCUT2D eigenvalue weighted by atomic mass is 10.2.